The van der Waals surface area contributed by atoms with Crippen molar-refractivity contribution in [2.45, 2.75) is 35.7 Å². The first-order valence-corrected chi connectivity index (χ1v) is 9.35. The Kier molecular flexibility index (Phi) is 2.99. The molecule has 0 atom stereocenters. The molecule has 0 rings (SSSR count). The van der Waals surface area contributed by atoms with Crippen LogP contribution in [0.25, 0.3) is 0 Å². The van der Waals surface area contributed by atoms with Gasteiger partial charge in [-0.2, -0.15) is 0 Å². The van der Waals surface area contributed by atoms with E-state index in [0.717, 1.165) is 0 Å². The van der Waals surface area contributed by atoms with Crippen molar-refractivity contribution in [1.82, 2.24) is 0 Å². The van der Waals surface area contributed by atoms with E-state index in [1.54, 1.807) is 0 Å². The van der Waals surface area contributed by atoms with Crippen LogP contribution in [0.2, 0.25) is 21.8 Å². The Hall–Kier alpha value is 0.558. The van der Waals surface area contributed by atoms with Crippen molar-refractivity contribution >= 4 is 13.6 Å². The molecule has 0 N–H and O–H groups in total. The van der Waals surface area contributed by atoms with Crippen LogP contribution in [0.1, 0.15) is 13.8 Å². The fraction of sp³-hybridized carbons (Fsp3) is 1.00. The van der Waals surface area contributed by atoms with Crippen LogP contribution in [-0.2, 0) is 0 Å². The van der Waals surface area contributed by atoms with Crippen LogP contribution in [0.4, 0.5) is 0 Å². The summed E-state index contributed by atoms with van der Waals surface area (Å²) in [5, 5.41) is 2.93. The maximum atomic E-state index is 2.47. The first kappa shape index (κ1) is 7.56. The third-order valence-corrected chi connectivity index (χ3v) is 8.90. The summed E-state index contributed by atoms with van der Waals surface area (Å²) in [7, 11) is 0. The van der Waals surface area contributed by atoms with E-state index in [1.165, 1.54) is 10.4 Å². The fourth-order valence-corrected chi connectivity index (χ4v) is 1.16. The molecule has 7 heavy (non-hydrogen) atoms. The van der Waals surface area contributed by atoms with E-state index >= 15 is 0 Å². The molecule has 0 heterocycles. The molecule has 0 aromatic carbocycles. The molecule has 0 spiro atoms. The molecule has 0 aromatic rings. The van der Waals surface area contributed by atoms with E-state index < -0.39 is 13.6 Å². The van der Waals surface area contributed by atoms with Crippen molar-refractivity contribution < 1.29 is 0 Å². The second-order valence-electron chi connectivity index (χ2n) is 2.57. The van der Waals surface area contributed by atoms with Gasteiger partial charge in [0, 0.05) is 0 Å². The zero-order chi connectivity index (χ0) is 5.91. The second-order valence-corrected chi connectivity index (χ2v) is 13.3. The van der Waals surface area contributed by atoms with Crippen LogP contribution in [0.15, 0.2) is 0 Å². The van der Waals surface area contributed by atoms with Gasteiger partial charge < -0.3 is 0 Å². The summed E-state index contributed by atoms with van der Waals surface area (Å²) in [6.07, 6.45) is 0. The van der Waals surface area contributed by atoms with Crippen LogP contribution < -0.4 is 0 Å². The van der Waals surface area contributed by atoms with Gasteiger partial charge in [-0.15, -0.1) is 0 Å². The molecular formula is C6H16As. The minimum absolute atomic E-state index is 0.944. The summed E-state index contributed by atoms with van der Waals surface area (Å²) in [5.74, 6) is 0. The van der Waals surface area contributed by atoms with Gasteiger partial charge in [-0.1, -0.05) is 0 Å². The molecule has 1 radical (unpaired) electrons. The van der Waals surface area contributed by atoms with E-state index in [4.69, 9.17) is 0 Å². The average molecular weight is 163 g/mol. The van der Waals surface area contributed by atoms with Crippen LogP contribution >= 0.6 is 0 Å². The van der Waals surface area contributed by atoms with Crippen molar-refractivity contribution in [2.75, 3.05) is 0 Å². The van der Waals surface area contributed by atoms with E-state index in [0.29, 0.717) is 0 Å². The van der Waals surface area contributed by atoms with Crippen molar-refractivity contribution in [3.05, 3.63) is 0 Å². The molecular weight excluding hydrogens is 147 g/mol. The van der Waals surface area contributed by atoms with Crippen molar-refractivity contribution in [2.24, 2.45) is 0 Å². The Morgan fingerprint density at radius 2 is 1.29 bits per heavy atom. The van der Waals surface area contributed by atoms with Gasteiger partial charge >= 0.3 is 49.2 Å². The van der Waals surface area contributed by atoms with E-state index in [2.05, 4.69) is 25.3 Å². The van der Waals surface area contributed by atoms with Crippen LogP contribution in [0, 0.1) is 0 Å². The quantitative estimate of drug-likeness (QED) is 0.549. The summed E-state index contributed by atoms with van der Waals surface area (Å²) >= 11 is -0.944. The Bertz CT molecular complexity index is 42.1. The van der Waals surface area contributed by atoms with Gasteiger partial charge in [0.15, 0.2) is 0 Å². The Morgan fingerprint density at radius 3 is 1.29 bits per heavy atom. The maximum absolute atomic E-state index is 2.47. The number of hydrogen-bond acceptors (Lipinski definition) is 0. The fourth-order valence-electron chi connectivity index (χ4n) is 0.224. The standard InChI is InChI=1S/C6H16As/c1-5-7(3,4)6-2/h5-6H2,1-4H3. The molecule has 0 unspecified atom stereocenters. The normalized spacial score (nSPS) is 12.0. The third-order valence-electron chi connectivity index (χ3n) is 1.71. The Morgan fingerprint density at radius 1 is 1.00 bits per heavy atom. The molecule has 0 aromatic heterocycles. The molecule has 45 valence electrons. The van der Waals surface area contributed by atoms with Gasteiger partial charge in [0.2, 0.25) is 0 Å². The second kappa shape index (κ2) is 2.77. The molecule has 0 bridgehead atoms. The summed E-state index contributed by atoms with van der Waals surface area (Å²) in [6.45, 7) is 4.63. The summed E-state index contributed by atoms with van der Waals surface area (Å²) < 4.78 is 0. The zero-order valence-corrected chi connectivity index (χ0v) is 7.74. The van der Waals surface area contributed by atoms with E-state index in [1.807, 2.05) is 0 Å². The topological polar surface area (TPSA) is 0 Å². The van der Waals surface area contributed by atoms with Gasteiger partial charge in [-0.05, 0) is 0 Å². The van der Waals surface area contributed by atoms with Crippen molar-refractivity contribution in [1.29, 1.82) is 0 Å². The summed E-state index contributed by atoms with van der Waals surface area (Å²) in [6, 6.07) is 0. The van der Waals surface area contributed by atoms with Gasteiger partial charge in [-0.25, -0.2) is 0 Å². The Balaban J connectivity index is 3.36. The Labute approximate surface area is 49.8 Å². The van der Waals surface area contributed by atoms with E-state index in [9.17, 15) is 0 Å². The average Bonchev–Trinajstić information content (AvgIpc) is 1.68. The van der Waals surface area contributed by atoms with Gasteiger partial charge in [0.1, 0.15) is 0 Å². The zero-order valence-electron chi connectivity index (χ0n) is 5.86. The SMILES string of the molecule is CC[As](C)(C)CC. The van der Waals surface area contributed by atoms with Crippen LogP contribution in [-0.4, -0.2) is 13.6 Å². The number of rotatable bonds is 2. The monoisotopic (exact) mass is 163 g/mol. The van der Waals surface area contributed by atoms with Crippen LogP contribution in [0.3, 0.4) is 0 Å². The van der Waals surface area contributed by atoms with Gasteiger partial charge in [-0.3, -0.25) is 0 Å². The van der Waals surface area contributed by atoms with Crippen molar-refractivity contribution in [3.63, 3.8) is 0 Å². The first-order valence-electron chi connectivity index (χ1n) is 2.94. The first-order chi connectivity index (χ1) is 3.12. The molecule has 0 saturated heterocycles. The minimum atomic E-state index is -0.944. The predicted octanol–water partition coefficient (Wildman–Crippen LogP) is 2.73. The van der Waals surface area contributed by atoms with Gasteiger partial charge in [0.25, 0.3) is 0 Å². The molecule has 0 fully saturated rings. The molecule has 0 aliphatic heterocycles. The number of hydrogen-bond donors (Lipinski definition) is 0. The third kappa shape index (κ3) is 3.17. The molecule has 0 saturated carbocycles. The van der Waals surface area contributed by atoms with Crippen molar-refractivity contribution in [3.8, 4) is 0 Å². The molecule has 0 amide bonds. The van der Waals surface area contributed by atoms with Gasteiger partial charge in [0.05, 0.1) is 0 Å². The predicted molar refractivity (Wildman–Crippen MR) is 38.4 cm³/mol. The summed E-state index contributed by atoms with van der Waals surface area (Å²) in [4.78, 5) is 0. The van der Waals surface area contributed by atoms with Crippen LogP contribution in [0.5, 0.6) is 0 Å². The molecule has 0 aliphatic rings. The van der Waals surface area contributed by atoms with E-state index in [-0.39, 0.29) is 0 Å². The molecule has 0 nitrogen and oxygen atoms in total. The molecule has 1 heteroatoms. The summed E-state index contributed by atoms with van der Waals surface area (Å²) in [5.41, 5.74) is 4.94. The molecule has 0 aliphatic carbocycles.